The highest BCUT2D eigenvalue weighted by atomic mass is 35.5. The largest absolute Gasteiger partial charge is 0.480 e. The Bertz CT molecular complexity index is 1070. The highest BCUT2D eigenvalue weighted by molar-refractivity contribution is 6.29. The Morgan fingerprint density at radius 3 is 2.75 bits per heavy atom. The number of hydrogen-bond acceptors (Lipinski definition) is 7. The Balaban J connectivity index is 1.88. The van der Waals surface area contributed by atoms with Gasteiger partial charge in [-0.15, -0.1) is 0 Å². The summed E-state index contributed by atoms with van der Waals surface area (Å²) < 4.78 is 12.1. The number of fused-ring (bicyclic) bond motifs is 1. The third-order valence-electron chi connectivity index (χ3n) is 4.32. The lowest BCUT2D eigenvalue weighted by molar-refractivity contribution is -0.117. The van der Waals surface area contributed by atoms with Gasteiger partial charge in [0.15, 0.2) is 10.8 Å². The van der Waals surface area contributed by atoms with E-state index in [1.165, 1.54) is 13.3 Å². The molecule has 3 aromatic rings. The molecule has 0 bridgehead atoms. The number of pyridine rings is 1. The van der Waals surface area contributed by atoms with Gasteiger partial charge in [0.2, 0.25) is 5.88 Å². The van der Waals surface area contributed by atoms with Crippen molar-refractivity contribution in [3.8, 4) is 11.9 Å². The van der Waals surface area contributed by atoms with Crippen molar-refractivity contribution in [1.82, 2.24) is 19.6 Å². The van der Waals surface area contributed by atoms with E-state index in [-0.39, 0.29) is 36.2 Å². The molecule has 0 radical (unpaired) electrons. The number of ether oxygens (including phenoxy) is 2. The summed E-state index contributed by atoms with van der Waals surface area (Å²) in [6.07, 6.45) is 3.13. The van der Waals surface area contributed by atoms with Gasteiger partial charge in [-0.25, -0.2) is 14.5 Å². The molecule has 0 fully saturated rings. The summed E-state index contributed by atoms with van der Waals surface area (Å²) in [4.78, 5) is 21.1. The minimum absolute atomic E-state index is 0.0557. The van der Waals surface area contributed by atoms with Gasteiger partial charge >= 0.3 is 0 Å². The normalized spacial score (nSPS) is 12.0. The summed E-state index contributed by atoms with van der Waals surface area (Å²) in [5, 5.41) is 13.7. The van der Waals surface area contributed by atoms with Crippen molar-refractivity contribution in [2.45, 2.75) is 25.9 Å². The van der Waals surface area contributed by atoms with Gasteiger partial charge in [-0.1, -0.05) is 11.6 Å². The second kappa shape index (κ2) is 8.33. The second-order valence-corrected chi connectivity index (χ2v) is 6.58. The Kier molecular flexibility index (Phi) is 5.87. The van der Waals surface area contributed by atoms with E-state index in [1.54, 1.807) is 30.0 Å². The lowest BCUT2D eigenvalue weighted by atomic mass is 10.0. The van der Waals surface area contributed by atoms with Crippen molar-refractivity contribution in [3.63, 3.8) is 0 Å². The lowest BCUT2D eigenvalue weighted by Crippen LogP contribution is -2.15. The van der Waals surface area contributed by atoms with Crippen LogP contribution in [0.2, 0.25) is 5.15 Å². The average Bonchev–Trinajstić information content (AvgIpc) is 3.07. The van der Waals surface area contributed by atoms with E-state index in [2.05, 4.69) is 15.1 Å². The number of halogens is 1. The fraction of sp³-hybridized carbons (Fsp3) is 0.316. The Morgan fingerprint density at radius 1 is 1.29 bits per heavy atom. The Hall–Kier alpha value is -3.02. The third kappa shape index (κ3) is 3.96. The van der Waals surface area contributed by atoms with Crippen LogP contribution >= 0.6 is 11.6 Å². The van der Waals surface area contributed by atoms with Gasteiger partial charge in [0.25, 0.3) is 0 Å². The van der Waals surface area contributed by atoms with Crippen LogP contribution in [0.4, 0.5) is 0 Å². The van der Waals surface area contributed by atoms with Crippen LogP contribution in [0, 0.1) is 11.3 Å². The molecule has 0 saturated carbocycles. The van der Waals surface area contributed by atoms with Gasteiger partial charge in [-0.3, -0.25) is 4.79 Å². The van der Waals surface area contributed by atoms with Gasteiger partial charge in [0, 0.05) is 44.0 Å². The standard InChI is InChI=1S/C19H18ClN5O3/c1-11(27-2)18-14(10-22-17-7-16(20)24-25(17)18)6-15(26)5-12-4-13(8-21)19(28-3)23-9-12/h4,7,9-11H,5-6H2,1-3H3/t11-/m0/s1. The van der Waals surface area contributed by atoms with E-state index in [9.17, 15) is 10.1 Å². The molecule has 3 aromatic heterocycles. The monoisotopic (exact) mass is 399 g/mol. The first-order chi connectivity index (χ1) is 13.5. The van der Waals surface area contributed by atoms with E-state index < -0.39 is 0 Å². The number of rotatable bonds is 7. The van der Waals surface area contributed by atoms with E-state index >= 15 is 0 Å². The van der Waals surface area contributed by atoms with E-state index in [0.29, 0.717) is 21.9 Å². The van der Waals surface area contributed by atoms with Gasteiger partial charge in [-0.2, -0.15) is 10.4 Å². The minimum atomic E-state index is -0.308. The van der Waals surface area contributed by atoms with Crippen LogP contribution in [0.25, 0.3) is 5.65 Å². The van der Waals surface area contributed by atoms with Crippen LogP contribution in [0.1, 0.15) is 35.4 Å². The van der Waals surface area contributed by atoms with Crippen LogP contribution in [-0.2, 0) is 22.4 Å². The summed E-state index contributed by atoms with van der Waals surface area (Å²) in [7, 11) is 3.03. The number of Topliss-reactive ketones (excluding diaryl/α,β-unsaturated/α-hetero) is 1. The summed E-state index contributed by atoms with van der Waals surface area (Å²) >= 11 is 6.00. The van der Waals surface area contributed by atoms with Gasteiger partial charge in [-0.05, 0) is 18.6 Å². The number of methoxy groups -OCH3 is 2. The molecule has 0 saturated heterocycles. The van der Waals surface area contributed by atoms with Crippen molar-refractivity contribution in [2.24, 2.45) is 0 Å². The number of nitriles is 1. The maximum absolute atomic E-state index is 12.7. The number of carbonyl (C=O) groups excluding carboxylic acids is 1. The van der Waals surface area contributed by atoms with Crippen molar-refractivity contribution >= 4 is 23.0 Å². The first-order valence-corrected chi connectivity index (χ1v) is 8.85. The van der Waals surface area contributed by atoms with Gasteiger partial charge in [0.05, 0.1) is 18.9 Å². The third-order valence-corrected chi connectivity index (χ3v) is 4.50. The quantitative estimate of drug-likeness (QED) is 0.601. The molecule has 0 aliphatic heterocycles. The van der Waals surface area contributed by atoms with E-state index in [0.717, 1.165) is 5.69 Å². The number of ketones is 1. The molecule has 3 rings (SSSR count). The highest BCUT2D eigenvalue weighted by Gasteiger charge is 2.19. The molecule has 28 heavy (non-hydrogen) atoms. The number of carbonyl (C=O) groups is 1. The zero-order chi connectivity index (χ0) is 20.3. The van der Waals surface area contributed by atoms with Crippen LogP contribution in [0.3, 0.4) is 0 Å². The zero-order valence-electron chi connectivity index (χ0n) is 15.6. The maximum Gasteiger partial charge on any atom is 0.231 e. The molecule has 0 amide bonds. The van der Waals surface area contributed by atoms with E-state index in [4.69, 9.17) is 21.1 Å². The number of nitrogens with zero attached hydrogens (tertiary/aromatic N) is 5. The van der Waals surface area contributed by atoms with Crippen molar-refractivity contribution in [1.29, 1.82) is 5.26 Å². The molecule has 0 spiro atoms. The molecule has 144 valence electrons. The highest BCUT2D eigenvalue weighted by Crippen LogP contribution is 2.24. The Morgan fingerprint density at radius 2 is 2.07 bits per heavy atom. The van der Waals surface area contributed by atoms with Crippen LogP contribution in [0.15, 0.2) is 24.5 Å². The average molecular weight is 400 g/mol. The predicted molar refractivity (Wildman–Crippen MR) is 101 cm³/mol. The molecule has 0 N–H and O–H groups in total. The topological polar surface area (TPSA) is 102 Å². The van der Waals surface area contributed by atoms with Crippen LogP contribution in [-0.4, -0.2) is 39.6 Å². The minimum Gasteiger partial charge on any atom is -0.480 e. The first-order valence-electron chi connectivity index (χ1n) is 8.47. The predicted octanol–water partition coefficient (Wildman–Crippen LogP) is 2.72. The Labute approximate surface area is 166 Å². The molecule has 1 atom stereocenters. The van der Waals surface area contributed by atoms with Gasteiger partial charge in [0.1, 0.15) is 17.4 Å². The maximum atomic E-state index is 12.7. The van der Waals surface area contributed by atoms with E-state index in [1.807, 2.05) is 13.0 Å². The van der Waals surface area contributed by atoms with Crippen molar-refractivity contribution in [3.05, 3.63) is 52.1 Å². The smallest absolute Gasteiger partial charge is 0.231 e. The first kappa shape index (κ1) is 19.7. The van der Waals surface area contributed by atoms with Crippen molar-refractivity contribution < 1.29 is 14.3 Å². The SMILES string of the molecule is COc1ncc(CC(=O)Cc2cnc3cc(Cl)nn3c2[C@H](C)OC)cc1C#N. The fourth-order valence-electron chi connectivity index (χ4n) is 2.98. The van der Waals surface area contributed by atoms with Crippen molar-refractivity contribution in [2.75, 3.05) is 14.2 Å². The molecule has 0 aliphatic rings. The fourth-order valence-corrected chi connectivity index (χ4v) is 3.15. The number of hydrogen-bond donors (Lipinski definition) is 0. The van der Waals surface area contributed by atoms with Gasteiger partial charge < -0.3 is 9.47 Å². The summed E-state index contributed by atoms with van der Waals surface area (Å²) in [6, 6.07) is 5.27. The summed E-state index contributed by atoms with van der Waals surface area (Å²) in [6.45, 7) is 1.87. The molecule has 8 nitrogen and oxygen atoms in total. The second-order valence-electron chi connectivity index (χ2n) is 6.19. The molecular weight excluding hydrogens is 382 g/mol. The number of aromatic nitrogens is 4. The van der Waals surface area contributed by atoms with Crippen LogP contribution in [0.5, 0.6) is 5.88 Å². The molecule has 9 heteroatoms. The molecule has 0 aromatic carbocycles. The van der Waals surface area contributed by atoms with Crippen LogP contribution < -0.4 is 4.74 Å². The molecule has 0 aliphatic carbocycles. The summed E-state index contributed by atoms with van der Waals surface area (Å²) in [5.41, 5.74) is 2.93. The lowest BCUT2D eigenvalue weighted by Gasteiger charge is -2.16. The molecule has 0 unspecified atom stereocenters. The molecular formula is C19H18ClN5O3. The zero-order valence-corrected chi connectivity index (χ0v) is 16.4. The molecule has 3 heterocycles. The summed E-state index contributed by atoms with van der Waals surface area (Å²) in [5.74, 6) is 0.180.